The van der Waals surface area contributed by atoms with Gasteiger partial charge in [0.05, 0.1) is 11.6 Å². The fraction of sp³-hybridized carbons (Fsp3) is 0.875. The predicted molar refractivity (Wildman–Crippen MR) is 53.9 cm³/mol. The van der Waals surface area contributed by atoms with Crippen molar-refractivity contribution in [2.45, 2.75) is 19.8 Å². The minimum absolute atomic E-state index is 0.211. The molecule has 0 saturated carbocycles. The summed E-state index contributed by atoms with van der Waals surface area (Å²) < 4.78 is 22.2. The number of hydrogen-bond donors (Lipinski definition) is 1. The lowest BCUT2D eigenvalue weighted by Gasteiger charge is -2.04. The van der Waals surface area contributed by atoms with E-state index in [-0.39, 0.29) is 11.5 Å². The third-order valence-electron chi connectivity index (χ3n) is 2.06. The van der Waals surface area contributed by atoms with Gasteiger partial charge in [0.25, 0.3) is 0 Å². The number of nitrogens with one attached hydrogen (secondary N) is 1. The molecular weight excluding hydrogens is 188 g/mol. The number of rotatable bonds is 4. The molecule has 0 amide bonds. The quantitative estimate of drug-likeness (QED) is 0.712. The van der Waals surface area contributed by atoms with Gasteiger partial charge in [0, 0.05) is 25.3 Å². The van der Waals surface area contributed by atoms with Crippen LogP contribution < -0.4 is 5.32 Å². The van der Waals surface area contributed by atoms with E-state index in [1.54, 1.807) is 6.92 Å². The van der Waals surface area contributed by atoms with Crippen molar-refractivity contribution in [2.24, 2.45) is 4.99 Å². The molecule has 13 heavy (non-hydrogen) atoms. The lowest BCUT2D eigenvalue weighted by atomic mass is 10.3. The smallest absolute Gasteiger partial charge is 0.151 e. The van der Waals surface area contributed by atoms with Crippen LogP contribution in [0.15, 0.2) is 4.99 Å². The number of hydrogen-bond acceptors (Lipinski definition) is 4. The second kappa shape index (κ2) is 4.60. The molecule has 0 aliphatic carbocycles. The lowest BCUT2D eigenvalue weighted by Crippen LogP contribution is -2.28. The van der Waals surface area contributed by atoms with Crippen LogP contribution in [0.1, 0.15) is 19.8 Å². The molecule has 0 aromatic heterocycles. The van der Waals surface area contributed by atoms with E-state index in [1.807, 2.05) is 0 Å². The third-order valence-corrected chi connectivity index (χ3v) is 3.76. The van der Waals surface area contributed by atoms with E-state index in [1.165, 1.54) is 0 Å². The summed E-state index contributed by atoms with van der Waals surface area (Å²) in [6, 6.07) is 0. The van der Waals surface area contributed by atoms with Crippen molar-refractivity contribution in [3.63, 3.8) is 0 Å². The topological polar surface area (TPSA) is 58.5 Å². The first-order valence-electron chi connectivity index (χ1n) is 4.61. The van der Waals surface area contributed by atoms with Crippen molar-refractivity contribution in [1.82, 2.24) is 5.32 Å². The number of aliphatic imine (C=N–C) groups is 1. The second-order valence-corrected chi connectivity index (χ2v) is 5.57. The zero-order valence-electron chi connectivity index (χ0n) is 7.91. The average Bonchev–Trinajstić information content (AvgIpc) is 2.57. The largest absolute Gasteiger partial charge is 0.373 e. The minimum Gasteiger partial charge on any atom is -0.373 e. The molecule has 0 saturated heterocycles. The van der Waals surface area contributed by atoms with Gasteiger partial charge in [0.1, 0.15) is 0 Å². The normalized spacial score (nSPS) is 17.2. The maximum absolute atomic E-state index is 11.1. The van der Waals surface area contributed by atoms with E-state index in [0.717, 1.165) is 25.2 Å². The summed E-state index contributed by atoms with van der Waals surface area (Å²) in [6.45, 7) is 3.04. The molecule has 0 radical (unpaired) electrons. The summed E-state index contributed by atoms with van der Waals surface area (Å²) in [5.41, 5.74) is 0. The van der Waals surface area contributed by atoms with Crippen molar-refractivity contribution in [2.75, 3.05) is 24.6 Å². The van der Waals surface area contributed by atoms with E-state index in [0.29, 0.717) is 6.54 Å². The van der Waals surface area contributed by atoms with Gasteiger partial charge in [0.15, 0.2) is 9.84 Å². The first-order valence-corrected chi connectivity index (χ1v) is 6.44. The van der Waals surface area contributed by atoms with E-state index in [2.05, 4.69) is 10.3 Å². The lowest BCUT2D eigenvalue weighted by molar-refractivity contribution is 0.596. The highest BCUT2D eigenvalue weighted by atomic mass is 32.2. The first kappa shape index (κ1) is 10.5. The molecule has 0 unspecified atom stereocenters. The predicted octanol–water partition coefficient (Wildman–Crippen LogP) is 0.203. The number of amidine groups is 1. The monoisotopic (exact) mass is 204 g/mol. The molecule has 1 aliphatic rings. The van der Waals surface area contributed by atoms with Gasteiger partial charge in [-0.2, -0.15) is 0 Å². The van der Waals surface area contributed by atoms with E-state index < -0.39 is 9.84 Å². The molecule has 0 spiro atoms. The van der Waals surface area contributed by atoms with Crippen molar-refractivity contribution in [3.05, 3.63) is 0 Å². The molecule has 5 heteroatoms. The molecular formula is C8H16N2O2S. The van der Waals surface area contributed by atoms with Crippen LogP contribution >= 0.6 is 0 Å². The number of nitrogens with zero attached hydrogens (tertiary/aromatic N) is 1. The van der Waals surface area contributed by atoms with Crippen LogP contribution in [0.3, 0.4) is 0 Å². The molecule has 76 valence electrons. The van der Waals surface area contributed by atoms with Crippen molar-refractivity contribution < 1.29 is 8.42 Å². The number of sulfone groups is 1. The standard InChI is InChI=1S/C8H16N2O2S/c1-2-13(11,12)7-6-10-8-4-3-5-9-8/h2-7H2,1H3,(H,9,10). The second-order valence-electron chi connectivity index (χ2n) is 3.10. The van der Waals surface area contributed by atoms with Crippen LogP contribution in [0.25, 0.3) is 0 Å². The van der Waals surface area contributed by atoms with Crippen LogP contribution in [-0.2, 0) is 9.84 Å². The molecule has 0 fully saturated rings. The van der Waals surface area contributed by atoms with E-state index in [4.69, 9.17) is 0 Å². The fourth-order valence-electron chi connectivity index (χ4n) is 1.18. The van der Waals surface area contributed by atoms with Gasteiger partial charge in [-0.3, -0.25) is 4.99 Å². The molecule has 1 heterocycles. The average molecular weight is 204 g/mol. The van der Waals surface area contributed by atoms with Gasteiger partial charge in [-0.05, 0) is 6.42 Å². The van der Waals surface area contributed by atoms with Crippen molar-refractivity contribution in [3.8, 4) is 0 Å². The third kappa shape index (κ3) is 3.76. The maximum Gasteiger partial charge on any atom is 0.151 e. The van der Waals surface area contributed by atoms with Gasteiger partial charge in [0.2, 0.25) is 0 Å². The van der Waals surface area contributed by atoms with Gasteiger partial charge in [-0.15, -0.1) is 0 Å². The maximum atomic E-state index is 11.1. The highest BCUT2D eigenvalue weighted by molar-refractivity contribution is 7.91. The van der Waals surface area contributed by atoms with Crippen LogP contribution in [0.4, 0.5) is 0 Å². The van der Waals surface area contributed by atoms with Crippen LogP contribution in [-0.4, -0.2) is 38.8 Å². The summed E-state index contributed by atoms with van der Waals surface area (Å²) in [7, 11) is -2.83. The Morgan fingerprint density at radius 2 is 2.31 bits per heavy atom. The molecule has 1 N–H and O–H groups in total. The van der Waals surface area contributed by atoms with Crippen molar-refractivity contribution in [1.29, 1.82) is 0 Å². The molecule has 1 aliphatic heterocycles. The Hall–Kier alpha value is -0.580. The Morgan fingerprint density at radius 1 is 1.54 bits per heavy atom. The Kier molecular flexibility index (Phi) is 3.71. The Labute approximate surface area is 79.4 Å². The summed E-state index contributed by atoms with van der Waals surface area (Å²) in [6.07, 6.45) is 2.05. The zero-order valence-corrected chi connectivity index (χ0v) is 8.73. The molecule has 0 aromatic rings. The fourth-order valence-corrected chi connectivity index (χ4v) is 1.88. The Balaban J connectivity index is 2.21. The Bertz CT molecular complexity index is 283. The van der Waals surface area contributed by atoms with Gasteiger partial charge in [-0.1, -0.05) is 6.92 Å². The summed E-state index contributed by atoms with van der Waals surface area (Å²) in [4.78, 5) is 4.19. The van der Waals surface area contributed by atoms with Crippen LogP contribution in [0.5, 0.6) is 0 Å². The summed E-state index contributed by atoms with van der Waals surface area (Å²) >= 11 is 0. The van der Waals surface area contributed by atoms with Crippen LogP contribution in [0, 0.1) is 0 Å². The molecule has 1 rings (SSSR count). The van der Waals surface area contributed by atoms with Gasteiger partial charge >= 0.3 is 0 Å². The highest BCUT2D eigenvalue weighted by Crippen LogP contribution is 2.00. The first-order chi connectivity index (χ1) is 6.14. The van der Waals surface area contributed by atoms with Crippen molar-refractivity contribution >= 4 is 15.7 Å². The Morgan fingerprint density at radius 3 is 2.85 bits per heavy atom. The molecule has 4 nitrogen and oxygen atoms in total. The van der Waals surface area contributed by atoms with E-state index in [9.17, 15) is 8.42 Å². The summed E-state index contributed by atoms with van der Waals surface area (Å²) in [5.74, 6) is 1.40. The van der Waals surface area contributed by atoms with Crippen LogP contribution in [0.2, 0.25) is 0 Å². The SMILES string of the molecule is CCS(=O)(=O)CCNC1=NCCC1. The highest BCUT2D eigenvalue weighted by Gasteiger charge is 2.09. The van der Waals surface area contributed by atoms with Gasteiger partial charge < -0.3 is 5.32 Å². The molecule has 0 atom stereocenters. The van der Waals surface area contributed by atoms with E-state index >= 15 is 0 Å². The molecule has 0 aromatic carbocycles. The van der Waals surface area contributed by atoms with Gasteiger partial charge in [-0.25, -0.2) is 8.42 Å². The summed E-state index contributed by atoms with van der Waals surface area (Å²) in [5, 5.41) is 3.04. The zero-order chi connectivity index (χ0) is 9.73. The minimum atomic E-state index is -2.83. The molecule has 0 bridgehead atoms.